The molecule has 0 rings (SSSR count). The lowest BCUT2D eigenvalue weighted by Gasteiger charge is -2.25. The molecule has 0 saturated carbocycles. The van der Waals surface area contributed by atoms with Gasteiger partial charge in [0.2, 0.25) is 5.28 Å². The van der Waals surface area contributed by atoms with E-state index < -0.39 is 0 Å². The molecular formula is C5H13N3O2. The summed E-state index contributed by atoms with van der Waals surface area (Å²) in [6, 6.07) is 0. The Hall–Kier alpha value is -1.00. The van der Waals surface area contributed by atoms with Gasteiger partial charge < -0.3 is 10.4 Å². The van der Waals surface area contributed by atoms with Crippen LogP contribution < -0.4 is 0 Å². The van der Waals surface area contributed by atoms with Gasteiger partial charge in [-0.1, -0.05) is 0 Å². The van der Waals surface area contributed by atoms with Gasteiger partial charge in [-0.2, -0.15) is 0 Å². The van der Waals surface area contributed by atoms with Crippen LogP contribution in [-0.2, 0) is 0 Å². The Morgan fingerprint density at radius 3 is 2.00 bits per heavy atom. The standard InChI is InChI=1S/C5H13N3O2/c1-5(2,3)7(4)8(10)6-9/h9H,1-4H3/b8-6+. The highest BCUT2D eigenvalue weighted by Gasteiger charge is 2.23. The van der Waals surface area contributed by atoms with E-state index in [4.69, 9.17) is 5.21 Å². The average Bonchev–Trinajstić information content (AvgIpc) is 1.83. The maximum absolute atomic E-state index is 10.6. The van der Waals surface area contributed by atoms with Crippen molar-refractivity contribution in [3.63, 3.8) is 0 Å². The molecule has 0 fully saturated rings. The Morgan fingerprint density at radius 2 is 1.90 bits per heavy atom. The van der Waals surface area contributed by atoms with Crippen molar-refractivity contribution in [1.29, 1.82) is 0 Å². The number of rotatable bonds is 1. The Bertz CT molecular complexity index is 138. The minimum Gasteiger partial charge on any atom is -0.569 e. The van der Waals surface area contributed by atoms with Gasteiger partial charge in [-0.05, 0) is 20.8 Å². The molecule has 0 radical (unpaired) electrons. The van der Waals surface area contributed by atoms with Gasteiger partial charge in [-0.3, -0.25) is 0 Å². The molecule has 0 aromatic heterocycles. The van der Waals surface area contributed by atoms with Crippen molar-refractivity contribution in [2.24, 2.45) is 5.28 Å². The van der Waals surface area contributed by atoms with Gasteiger partial charge in [-0.15, -0.1) is 5.01 Å². The van der Waals surface area contributed by atoms with Crippen LogP contribution in [0.15, 0.2) is 5.28 Å². The second-order valence-electron chi connectivity index (χ2n) is 3.04. The fourth-order valence-electron chi connectivity index (χ4n) is 0.317. The molecule has 60 valence electrons. The zero-order valence-corrected chi connectivity index (χ0v) is 6.70. The normalized spacial score (nSPS) is 13.4. The molecule has 0 amide bonds. The number of nitrogens with zero attached hydrogens (tertiary/aromatic N) is 3. The molecular weight excluding hydrogens is 134 g/mol. The summed E-state index contributed by atoms with van der Waals surface area (Å²) in [5.74, 6) is 0. The van der Waals surface area contributed by atoms with E-state index in [9.17, 15) is 5.21 Å². The molecule has 5 heteroatoms. The molecule has 0 aromatic rings. The molecule has 0 heterocycles. The second kappa shape index (κ2) is 2.72. The first kappa shape index (κ1) is 9.00. The lowest BCUT2D eigenvalue weighted by Crippen LogP contribution is -2.42. The van der Waals surface area contributed by atoms with Crippen LogP contribution in [0, 0.1) is 5.21 Å². The first-order valence-electron chi connectivity index (χ1n) is 2.95. The van der Waals surface area contributed by atoms with Gasteiger partial charge in [0.05, 0.1) is 17.6 Å². The number of hydrazine groups is 1. The highest BCUT2D eigenvalue weighted by Crippen LogP contribution is 2.09. The van der Waals surface area contributed by atoms with Crippen molar-refractivity contribution in [3.8, 4) is 0 Å². The SMILES string of the molecule is CN(/[N+]([O-])=N\O)C(C)(C)C. The Labute approximate surface area is 60.1 Å². The third-order valence-corrected chi connectivity index (χ3v) is 1.30. The van der Waals surface area contributed by atoms with Crippen molar-refractivity contribution in [3.05, 3.63) is 5.21 Å². The largest absolute Gasteiger partial charge is 0.569 e. The third kappa shape index (κ3) is 2.08. The van der Waals surface area contributed by atoms with Gasteiger partial charge in [0.1, 0.15) is 0 Å². The highest BCUT2D eigenvalue weighted by molar-refractivity contribution is 4.64. The van der Waals surface area contributed by atoms with Crippen LogP contribution in [0.5, 0.6) is 0 Å². The Morgan fingerprint density at radius 1 is 1.50 bits per heavy atom. The fourth-order valence-corrected chi connectivity index (χ4v) is 0.317. The van der Waals surface area contributed by atoms with Crippen LogP contribution >= 0.6 is 0 Å². The molecule has 0 aliphatic carbocycles. The van der Waals surface area contributed by atoms with Crippen molar-refractivity contribution in [1.82, 2.24) is 5.01 Å². The van der Waals surface area contributed by atoms with E-state index in [1.165, 1.54) is 5.01 Å². The fraction of sp³-hybridized carbons (Fsp3) is 1.00. The van der Waals surface area contributed by atoms with Crippen LogP contribution in [0.25, 0.3) is 0 Å². The zero-order valence-electron chi connectivity index (χ0n) is 6.70. The first-order chi connectivity index (χ1) is 4.39. The summed E-state index contributed by atoms with van der Waals surface area (Å²) < 4.78 is 0. The summed E-state index contributed by atoms with van der Waals surface area (Å²) in [5.41, 5.74) is -0.325. The van der Waals surface area contributed by atoms with Gasteiger partial charge in [0.15, 0.2) is 0 Å². The molecule has 0 atom stereocenters. The maximum atomic E-state index is 10.6. The molecule has 5 nitrogen and oxygen atoms in total. The monoisotopic (exact) mass is 147 g/mol. The lowest BCUT2D eigenvalue weighted by molar-refractivity contribution is -0.718. The number of hydrogen-bond acceptors (Lipinski definition) is 2. The highest BCUT2D eigenvalue weighted by atomic mass is 16.6. The first-order valence-corrected chi connectivity index (χ1v) is 2.95. The molecule has 10 heavy (non-hydrogen) atoms. The zero-order chi connectivity index (χ0) is 8.36. The summed E-state index contributed by atoms with van der Waals surface area (Å²) >= 11 is 0. The molecule has 0 aliphatic rings. The molecule has 1 N–H and O–H groups in total. The lowest BCUT2D eigenvalue weighted by atomic mass is 10.1. The second-order valence-corrected chi connectivity index (χ2v) is 3.04. The van der Waals surface area contributed by atoms with E-state index in [0.717, 1.165) is 0 Å². The topological polar surface area (TPSA) is 61.9 Å². The van der Waals surface area contributed by atoms with E-state index in [0.29, 0.717) is 0 Å². The van der Waals surface area contributed by atoms with Gasteiger partial charge >= 0.3 is 0 Å². The van der Waals surface area contributed by atoms with Crippen LogP contribution in [0.1, 0.15) is 20.8 Å². The summed E-state index contributed by atoms with van der Waals surface area (Å²) in [5, 5.41) is 22.4. The third-order valence-electron chi connectivity index (χ3n) is 1.30. The van der Waals surface area contributed by atoms with E-state index in [2.05, 4.69) is 5.28 Å². The molecule has 0 spiro atoms. The number of hydrogen-bond donors (Lipinski definition) is 1. The van der Waals surface area contributed by atoms with Crippen LogP contribution in [0.3, 0.4) is 0 Å². The van der Waals surface area contributed by atoms with E-state index in [1.54, 1.807) is 7.05 Å². The van der Waals surface area contributed by atoms with Crippen molar-refractivity contribution < 1.29 is 10.2 Å². The summed E-state index contributed by atoms with van der Waals surface area (Å²) in [4.78, 5) is 0.139. The van der Waals surface area contributed by atoms with Gasteiger partial charge in [0.25, 0.3) is 0 Å². The minimum atomic E-state index is -0.325. The predicted molar refractivity (Wildman–Crippen MR) is 35.4 cm³/mol. The quantitative estimate of drug-likeness (QED) is 0.341. The summed E-state index contributed by atoms with van der Waals surface area (Å²) in [6.45, 7) is 5.51. The van der Waals surface area contributed by atoms with E-state index in [-0.39, 0.29) is 10.5 Å². The van der Waals surface area contributed by atoms with Gasteiger partial charge in [0, 0.05) is 0 Å². The van der Waals surface area contributed by atoms with E-state index >= 15 is 0 Å². The average molecular weight is 147 g/mol. The predicted octanol–water partition coefficient (Wildman–Crippen LogP) is 0.983. The smallest absolute Gasteiger partial charge is 0.230 e. The molecule has 0 bridgehead atoms. The summed E-state index contributed by atoms with van der Waals surface area (Å²) in [6.07, 6.45) is 0. The summed E-state index contributed by atoms with van der Waals surface area (Å²) in [7, 11) is 1.55. The van der Waals surface area contributed by atoms with E-state index in [1.807, 2.05) is 20.8 Å². The van der Waals surface area contributed by atoms with Gasteiger partial charge in [-0.25, -0.2) is 0 Å². The molecule has 0 saturated heterocycles. The molecule has 0 unspecified atom stereocenters. The van der Waals surface area contributed by atoms with Crippen LogP contribution in [0.2, 0.25) is 0 Å². The van der Waals surface area contributed by atoms with Crippen LogP contribution in [0.4, 0.5) is 0 Å². The Kier molecular flexibility index (Phi) is 2.45. The maximum Gasteiger partial charge on any atom is 0.230 e. The van der Waals surface area contributed by atoms with Crippen molar-refractivity contribution >= 4 is 0 Å². The molecule has 0 aromatic carbocycles. The Balaban J connectivity index is 4.23. The molecule has 0 aliphatic heterocycles. The van der Waals surface area contributed by atoms with Crippen molar-refractivity contribution in [2.75, 3.05) is 7.05 Å². The van der Waals surface area contributed by atoms with Crippen molar-refractivity contribution in [2.45, 2.75) is 26.3 Å². The van der Waals surface area contributed by atoms with Crippen LogP contribution in [-0.4, -0.2) is 27.8 Å². The minimum absolute atomic E-state index is 0.139.